The number of rotatable bonds is 3. The third-order valence-electron chi connectivity index (χ3n) is 4.53. The first-order chi connectivity index (χ1) is 9.66. The van der Waals surface area contributed by atoms with Gasteiger partial charge < -0.3 is 10.0 Å². The number of hydrogen-bond donors (Lipinski definition) is 1. The first-order valence-corrected chi connectivity index (χ1v) is 7.30. The van der Waals surface area contributed by atoms with Crippen molar-refractivity contribution in [1.82, 2.24) is 4.90 Å². The molecule has 4 heteroatoms. The minimum atomic E-state index is -0.901. The van der Waals surface area contributed by atoms with Gasteiger partial charge in [-0.1, -0.05) is 18.6 Å². The molecule has 1 aliphatic carbocycles. The van der Waals surface area contributed by atoms with Gasteiger partial charge in [0.25, 0.3) is 5.91 Å². The van der Waals surface area contributed by atoms with Crippen molar-refractivity contribution >= 4 is 11.9 Å². The van der Waals surface area contributed by atoms with Gasteiger partial charge >= 0.3 is 5.97 Å². The SMILES string of the molecule is O=C(O)[C@H]1CCCN1C(=O)c1ccc(C2CCC2)cc1. The number of hydrogen-bond acceptors (Lipinski definition) is 2. The smallest absolute Gasteiger partial charge is 0.326 e. The molecular formula is C16H19NO3. The number of carbonyl (C=O) groups excluding carboxylic acids is 1. The Morgan fingerprint density at radius 1 is 1.05 bits per heavy atom. The monoisotopic (exact) mass is 273 g/mol. The summed E-state index contributed by atoms with van der Waals surface area (Å²) < 4.78 is 0. The molecule has 1 aromatic rings. The van der Waals surface area contributed by atoms with Crippen LogP contribution in [-0.4, -0.2) is 34.5 Å². The molecule has 1 heterocycles. The number of amides is 1. The van der Waals surface area contributed by atoms with E-state index in [4.69, 9.17) is 5.11 Å². The van der Waals surface area contributed by atoms with Crippen LogP contribution in [0.3, 0.4) is 0 Å². The quantitative estimate of drug-likeness (QED) is 0.921. The van der Waals surface area contributed by atoms with Crippen LogP contribution in [0.25, 0.3) is 0 Å². The number of aliphatic carboxylic acids is 1. The number of carboxylic acid groups (broad SMARTS) is 1. The maximum absolute atomic E-state index is 12.4. The molecule has 0 radical (unpaired) electrons. The van der Waals surface area contributed by atoms with Gasteiger partial charge in [-0.15, -0.1) is 0 Å². The normalized spacial score (nSPS) is 22.6. The highest BCUT2D eigenvalue weighted by Gasteiger charge is 2.34. The van der Waals surface area contributed by atoms with Gasteiger partial charge in [-0.3, -0.25) is 4.79 Å². The zero-order valence-electron chi connectivity index (χ0n) is 11.4. The molecule has 1 N–H and O–H groups in total. The van der Waals surface area contributed by atoms with Crippen molar-refractivity contribution in [1.29, 1.82) is 0 Å². The highest BCUT2D eigenvalue weighted by Crippen LogP contribution is 2.36. The number of carboxylic acids is 1. The maximum atomic E-state index is 12.4. The van der Waals surface area contributed by atoms with Crippen LogP contribution < -0.4 is 0 Å². The summed E-state index contributed by atoms with van der Waals surface area (Å²) in [6.07, 6.45) is 5.09. The van der Waals surface area contributed by atoms with Crippen molar-refractivity contribution in [3.05, 3.63) is 35.4 Å². The Labute approximate surface area is 118 Å². The van der Waals surface area contributed by atoms with Crippen molar-refractivity contribution in [2.24, 2.45) is 0 Å². The topological polar surface area (TPSA) is 57.6 Å². The fourth-order valence-electron chi connectivity index (χ4n) is 3.07. The van der Waals surface area contributed by atoms with Crippen LogP contribution in [0.15, 0.2) is 24.3 Å². The van der Waals surface area contributed by atoms with E-state index in [1.54, 1.807) is 0 Å². The summed E-state index contributed by atoms with van der Waals surface area (Å²) in [5.41, 5.74) is 1.89. The summed E-state index contributed by atoms with van der Waals surface area (Å²) in [7, 11) is 0. The number of benzene rings is 1. The maximum Gasteiger partial charge on any atom is 0.326 e. The van der Waals surface area contributed by atoms with Gasteiger partial charge in [0.1, 0.15) is 6.04 Å². The Bertz CT molecular complexity index is 519. The average molecular weight is 273 g/mol. The lowest BCUT2D eigenvalue weighted by molar-refractivity contribution is -0.141. The van der Waals surface area contributed by atoms with Crippen LogP contribution in [-0.2, 0) is 4.79 Å². The molecule has 0 spiro atoms. The first-order valence-electron chi connectivity index (χ1n) is 7.30. The van der Waals surface area contributed by atoms with E-state index in [1.165, 1.54) is 29.7 Å². The van der Waals surface area contributed by atoms with Crippen LogP contribution in [0, 0.1) is 0 Å². The molecule has 2 fully saturated rings. The van der Waals surface area contributed by atoms with Gasteiger partial charge in [0, 0.05) is 12.1 Å². The zero-order chi connectivity index (χ0) is 14.1. The highest BCUT2D eigenvalue weighted by molar-refractivity contribution is 5.97. The molecule has 3 rings (SSSR count). The summed E-state index contributed by atoms with van der Waals surface area (Å²) in [5, 5.41) is 9.14. The molecule has 0 aromatic heterocycles. The van der Waals surface area contributed by atoms with E-state index in [0.29, 0.717) is 24.4 Å². The molecule has 106 valence electrons. The summed E-state index contributed by atoms with van der Waals surface area (Å²) in [5.74, 6) is -0.408. The van der Waals surface area contributed by atoms with Crippen molar-refractivity contribution in [3.8, 4) is 0 Å². The minimum Gasteiger partial charge on any atom is -0.480 e. The van der Waals surface area contributed by atoms with Gasteiger partial charge in [-0.2, -0.15) is 0 Å². The summed E-state index contributed by atoms with van der Waals surface area (Å²) in [6, 6.07) is 7.06. The fraction of sp³-hybridized carbons (Fsp3) is 0.500. The van der Waals surface area contributed by atoms with Gasteiger partial charge in [-0.05, 0) is 49.3 Å². The van der Waals surface area contributed by atoms with E-state index >= 15 is 0 Å². The Morgan fingerprint density at radius 2 is 1.75 bits per heavy atom. The van der Waals surface area contributed by atoms with Crippen molar-refractivity contribution in [2.45, 2.75) is 44.1 Å². The Kier molecular flexibility index (Phi) is 3.47. The molecule has 0 unspecified atom stereocenters. The van der Waals surface area contributed by atoms with E-state index in [2.05, 4.69) is 0 Å². The van der Waals surface area contributed by atoms with Crippen LogP contribution in [0.4, 0.5) is 0 Å². The Balaban J connectivity index is 1.74. The molecule has 1 amide bonds. The van der Waals surface area contributed by atoms with E-state index in [1.807, 2.05) is 24.3 Å². The fourth-order valence-corrected chi connectivity index (χ4v) is 3.07. The second-order valence-corrected chi connectivity index (χ2v) is 5.74. The Hall–Kier alpha value is -1.84. The van der Waals surface area contributed by atoms with Crippen LogP contribution in [0.5, 0.6) is 0 Å². The second-order valence-electron chi connectivity index (χ2n) is 5.74. The molecule has 1 aliphatic heterocycles. The van der Waals surface area contributed by atoms with Crippen LogP contribution in [0.1, 0.15) is 53.9 Å². The summed E-state index contributed by atoms with van der Waals surface area (Å²) in [6.45, 7) is 0.542. The summed E-state index contributed by atoms with van der Waals surface area (Å²) in [4.78, 5) is 25.0. The highest BCUT2D eigenvalue weighted by atomic mass is 16.4. The number of likely N-dealkylation sites (tertiary alicyclic amines) is 1. The lowest BCUT2D eigenvalue weighted by atomic mass is 9.80. The molecule has 1 atom stereocenters. The molecule has 1 saturated heterocycles. The average Bonchev–Trinajstić information content (AvgIpc) is 2.86. The van der Waals surface area contributed by atoms with Gasteiger partial charge in [0.05, 0.1) is 0 Å². The molecule has 0 bridgehead atoms. The zero-order valence-corrected chi connectivity index (χ0v) is 11.4. The van der Waals surface area contributed by atoms with E-state index < -0.39 is 12.0 Å². The predicted octanol–water partition coefficient (Wildman–Crippen LogP) is 2.64. The van der Waals surface area contributed by atoms with Gasteiger partial charge in [-0.25, -0.2) is 4.79 Å². The third-order valence-corrected chi connectivity index (χ3v) is 4.53. The van der Waals surface area contributed by atoms with E-state index in [9.17, 15) is 9.59 Å². The number of nitrogens with zero attached hydrogens (tertiary/aromatic N) is 1. The lowest BCUT2D eigenvalue weighted by Crippen LogP contribution is -2.40. The third kappa shape index (κ3) is 2.30. The standard InChI is InChI=1S/C16H19NO3/c18-15(17-10-2-5-14(17)16(19)20)13-8-6-12(7-9-13)11-3-1-4-11/h6-9,11,14H,1-5,10H2,(H,19,20)/t14-/m1/s1. The van der Waals surface area contributed by atoms with E-state index in [0.717, 1.165) is 6.42 Å². The first kappa shape index (κ1) is 13.2. The van der Waals surface area contributed by atoms with Gasteiger partial charge in [0.15, 0.2) is 0 Å². The second kappa shape index (κ2) is 5.27. The van der Waals surface area contributed by atoms with Crippen molar-refractivity contribution in [3.63, 3.8) is 0 Å². The largest absolute Gasteiger partial charge is 0.480 e. The van der Waals surface area contributed by atoms with Gasteiger partial charge in [0.2, 0.25) is 0 Å². The molecule has 2 aliphatic rings. The molecule has 1 aromatic carbocycles. The summed E-state index contributed by atoms with van der Waals surface area (Å²) >= 11 is 0. The van der Waals surface area contributed by atoms with Crippen LogP contribution >= 0.6 is 0 Å². The van der Waals surface area contributed by atoms with Crippen molar-refractivity contribution in [2.75, 3.05) is 6.54 Å². The van der Waals surface area contributed by atoms with Crippen LogP contribution in [0.2, 0.25) is 0 Å². The molecule has 4 nitrogen and oxygen atoms in total. The lowest BCUT2D eigenvalue weighted by Gasteiger charge is -2.26. The Morgan fingerprint density at radius 3 is 2.30 bits per heavy atom. The minimum absolute atomic E-state index is 0.157. The predicted molar refractivity (Wildman–Crippen MR) is 74.7 cm³/mol. The molecular weight excluding hydrogens is 254 g/mol. The molecule has 1 saturated carbocycles. The van der Waals surface area contributed by atoms with Crippen molar-refractivity contribution < 1.29 is 14.7 Å². The molecule has 20 heavy (non-hydrogen) atoms. The number of carbonyl (C=O) groups is 2. The van der Waals surface area contributed by atoms with E-state index in [-0.39, 0.29) is 5.91 Å².